The van der Waals surface area contributed by atoms with Crippen LogP contribution in [0.25, 0.3) is 11.3 Å². The summed E-state index contributed by atoms with van der Waals surface area (Å²) in [6, 6.07) is 1.69. The summed E-state index contributed by atoms with van der Waals surface area (Å²) in [5.74, 6) is 0.411. The number of rotatable bonds is 2. The third-order valence-corrected chi connectivity index (χ3v) is 3.70. The molecule has 0 saturated carbocycles. The zero-order valence-electron chi connectivity index (χ0n) is 10.1. The molecule has 0 amide bonds. The van der Waals surface area contributed by atoms with Gasteiger partial charge in [-0.15, -0.1) is 11.3 Å². The zero-order chi connectivity index (χ0) is 12.6. The Hall–Kier alpha value is -1.62. The third kappa shape index (κ3) is 2.24. The first kappa shape index (κ1) is 11.9. The lowest BCUT2D eigenvalue weighted by atomic mass is 10.1. The van der Waals surface area contributed by atoms with E-state index in [1.54, 1.807) is 17.4 Å². The van der Waals surface area contributed by atoms with Gasteiger partial charge >= 0.3 is 0 Å². The van der Waals surface area contributed by atoms with Gasteiger partial charge in [0.1, 0.15) is 0 Å². The molecule has 0 spiro atoms. The molecule has 0 aliphatic rings. The van der Waals surface area contributed by atoms with E-state index in [2.05, 4.69) is 23.8 Å². The van der Waals surface area contributed by atoms with Crippen LogP contribution in [0.15, 0.2) is 16.2 Å². The number of aromatic nitrogens is 2. The largest absolute Gasteiger partial charge is 0.394 e. The fourth-order valence-corrected chi connectivity index (χ4v) is 2.42. The lowest BCUT2D eigenvalue weighted by Crippen LogP contribution is -2.13. The van der Waals surface area contributed by atoms with Crippen molar-refractivity contribution in [2.45, 2.75) is 26.7 Å². The monoisotopic (exact) mass is 249 g/mol. The number of nitrogens with zero attached hydrogens (tertiary/aromatic N) is 1. The molecule has 0 unspecified atom stereocenters. The SMILES string of the molecule is Cc1[nH]c(=O)c(N)cc1-c1csc(C(C)C)n1. The Morgan fingerprint density at radius 3 is 2.76 bits per heavy atom. The minimum atomic E-state index is -0.245. The summed E-state index contributed by atoms with van der Waals surface area (Å²) in [5, 5.41) is 3.08. The van der Waals surface area contributed by atoms with E-state index in [9.17, 15) is 4.79 Å². The highest BCUT2D eigenvalue weighted by Gasteiger charge is 2.11. The van der Waals surface area contributed by atoms with Crippen LogP contribution in [0.3, 0.4) is 0 Å². The molecule has 0 aliphatic carbocycles. The smallest absolute Gasteiger partial charge is 0.271 e. The van der Waals surface area contributed by atoms with Gasteiger partial charge in [-0.25, -0.2) is 4.98 Å². The van der Waals surface area contributed by atoms with Crippen molar-refractivity contribution in [1.82, 2.24) is 9.97 Å². The van der Waals surface area contributed by atoms with E-state index in [1.165, 1.54) is 0 Å². The Balaban J connectivity index is 2.52. The van der Waals surface area contributed by atoms with E-state index < -0.39 is 0 Å². The van der Waals surface area contributed by atoms with Gasteiger partial charge in [0.25, 0.3) is 5.56 Å². The van der Waals surface area contributed by atoms with Crippen molar-refractivity contribution in [3.05, 3.63) is 32.5 Å². The van der Waals surface area contributed by atoms with E-state index >= 15 is 0 Å². The van der Waals surface area contributed by atoms with Crippen LogP contribution in [0, 0.1) is 6.92 Å². The standard InChI is InChI=1S/C12H15N3OS/c1-6(2)12-15-10(5-17-12)8-4-9(13)11(16)14-7(8)3/h4-6H,13H2,1-3H3,(H,14,16). The molecule has 2 aromatic heterocycles. The van der Waals surface area contributed by atoms with Crippen LogP contribution in [0.4, 0.5) is 5.69 Å². The summed E-state index contributed by atoms with van der Waals surface area (Å²) in [5.41, 5.74) is 8.17. The number of pyridine rings is 1. The number of anilines is 1. The second kappa shape index (κ2) is 4.33. The predicted molar refractivity (Wildman–Crippen MR) is 71.4 cm³/mol. The third-order valence-electron chi connectivity index (χ3n) is 2.56. The highest BCUT2D eigenvalue weighted by molar-refractivity contribution is 7.10. The van der Waals surface area contributed by atoms with Crippen molar-refractivity contribution in [3.63, 3.8) is 0 Å². The first-order chi connectivity index (χ1) is 7.99. The molecule has 90 valence electrons. The quantitative estimate of drug-likeness (QED) is 0.859. The van der Waals surface area contributed by atoms with Crippen LogP contribution in [0.5, 0.6) is 0 Å². The molecule has 3 N–H and O–H groups in total. The summed E-state index contributed by atoms with van der Waals surface area (Å²) in [7, 11) is 0. The van der Waals surface area contributed by atoms with Crippen molar-refractivity contribution in [1.29, 1.82) is 0 Å². The number of aryl methyl sites for hydroxylation is 1. The number of H-pyrrole nitrogens is 1. The van der Waals surface area contributed by atoms with Gasteiger partial charge in [0.05, 0.1) is 16.4 Å². The first-order valence-electron chi connectivity index (χ1n) is 5.44. The molecule has 17 heavy (non-hydrogen) atoms. The lowest BCUT2D eigenvalue weighted by Gasteiger charge is -2.03. The van der Waals surface area contributed by atoms with Crippen molar-refractivity contribution in [2.24, 2.45) is 0 Å². The van der Waals surface area contributed by atoms with Gasteiger partial charge < -0.3 is 10.7 Å². The molecule has 0 atom stereocenters. The van der Waals surface area contributed by atoms with Gasteiger partial charge in [0.15, 0.2) is 0 Å². The number of nitrogen functional groups attached to an aromatic ring is 1. The van der Waals surface area contributed by atoms with Crippen LogP contribution >= 0.6 is 11.3 Å². The maximum absolute atomic E-state index is 11.3. The average Bonchev–Trinajstić information content (AvgIpc) is 2.72. The van der Waals surface area contributed by atoms with E-state index in [1.807, 2.05) is 12.3 Å². The van der Waals surface area contributed by atoms with Crippen LogP contribution in [0.2, 0.25) is 0 Å². The van der Waals surface area contributed by atoms with Crippen molar-refractivity contribution < 1.29 is 0 Å². The van der Waals surface area contributed by atoms with Crippen molar-refractivity contribution >= 4 is 17.0 Å². The number of nitrogens with one attached hydrogen (secondary N) is 1. The van der Waals surface area contributed by atoms with Crippen LogP contribution in [-0.2, 0) is 0 Å². The van der Waals surface area contributed by atoms with E-state index in [0.717, 1.165) is 22.0 Å². The van der Waals surface area contributed by atoms with Crippen LogP contribution < -0.4 is 11.3 Å². The normalized spacial score (nSPS) is 11.1. The Morgan fingerprint density at radius 2 is 2.18 bits per heavy atom. The number of hydrogen-bond donors (Lipinski definition) is 2. The zero-order valence-corrected chi connectivity index (χ0v) is 10.9. The molecule has 0 bridgehead atoms. The summed E-state index contributed by atoms with van der Waals surface area (Å²) in [4.78, 5) is 18.6. The van der Waals surface area contributed by atoms with Gasteiger partial charge in [0, 0.05) is 22.6 Å². The van der Waals surface area contributed by atoms with Crippen molar-refractivity contribution in [3.8, 4) is 11.3 Å². The highest BCUT2D eigenvalue weighted by atomic mass is 32.1. The molecular formula is C12H15N3OS. The number of thiazole rings is 1. The average molecular weight is 249 g/mol. The molecule has 0 aromatic carbocycles. The molecule has 0 radical (unpaired) electrons. The Kier molecular flexibility index (Phi) is 3.02. The van der Waals surface area contributed by atoms with E-state index in [0.29, 0.717) is 5.92 Å². The fraction of sp³-hybridized carbons (Fsp3) is 0.333. The Labute approximate surface area is 104 Å². The molecule has 2 aromatic rings. The molecule has 2 rings (SSSR count). The molecule has 0 aliphatic heterocycles. The van der Waals surface area contributed by atoms with Gasteiger partial charge in [-0.3, -0.25) is 4.79 Å². The summed E-state index contributed by atoms with van der Waals surface area (Å²) in [6.07, 6.45) is 0. The van der Waals surface area contributed by atoms with Gasteiger partial charge in [-0.05, 0) is 13.0 Å². The van der Waals surface area contributed by atoms with E-state index in [-0.39, 0.29) is 11.2 Å². The summed E-state index contributed by atoms with van der Waals surface area (Å²) in [6.45, 7) is 6.07. The van der Waals surface area contributed by atoms with Gasteiger partial charge in [-0.1, -0.05) is 13.8 Å². The van der Waals surface area contributed by atoms with Crippen molar-refractivity contribution in [2.75, 3.05) is 5.73 Å². The Bertz CT molecular complexity index is 598. The number of aromatic amines is 1. The number of nitrogens with two attached hydrogens (primary N) is 1. The fourth-order valence-electron chi connectivity index (χ4n) is 1.58. The van der Waals surface area contributed by atoms with Crippen LogP contribution in [0.1, 0.15) is 30.5 Å². The molecule has 2 heterocycles. The predicted octanol–water partition coefficient (Wildman–Crippen LogP) is 2.51. The molecular weight excluding hydrogens is 234 g/mol. The maximum atomic E-state index is 11.3. The number of hydrogen-bond acceptors (Lipinski definition) is 4. The molecule has 0 saturated heterocycles. The minimum Gasteiger partial charge on any atom is -0.394 e. The maximum Gasteiger partial charge on any atom is 0.271 e. The lowest BCUT2D eigenvalue weighted by molar-refractivity contribution is 0.853. The molecule has 5 heteroatoms. The second-order valence-corrected chi connectivity index (χ2v) is 5.21. The summed E-state index contributed by atoms with van der Waals surface area (Å²) < 4.78 is 0. The minimum absolute atomic E-state index is 0.227. The topological polar surface area (TPSA) is 71.8 Å². The van der Waals surface area contributed by atoms with Gasteiger partial charge in [0.2, 0.25) is 0 Å². The highest BCUT2D eigenvalue weighted by Crippen LogP contribution is 2.27. The van der Waals surface area contributed by atoms with E-state index in [4.69, 9.17) is 5.73 Å². The molecule has 0 fully saturated rings. The van der Waals surface area contributed by atoms with Gasteiger partial charge in [-0.2, -0.15) is 0 Å². The first-order valence-corrected chi connectivity index (χ1v) is 6.32. The summed E-state index contributed by atoms with van der Waals surface area (Å²) >= 11 is 1.63. The second-order valence-electron chi connectivity index (χ2n) is 4.32. The molecule has 4 nitrogen and oxygen atoms in total. The van der Waals surface area contributed by atoms with Crippen LogP contribution in [-0.4, -0.2) is 9.97 Å². The Morgan fingerprint density at radius 1 is 1.47 bits per heavy atom.